The van der Waals surface area contributed by atoms with E-state index in [-0.39, 0.29) is 6.10 Å². The van der Waals surface area contributed by atoms with Crippen molar-refractivity contribution in [2.24, 2.45) is 59.2 Å². The lowest BCUT2D eigenvalue weighted by molar-refractivity contribution is -0.880. The van der Waals surface area contributed by atoms with Crippen molar-refractivity contribution in [2.45, 2.75) is 188 Å². The Labute approximate surface area is 466 Å². The number of hydrogen-bond donors (Lipinski definition) is 3. The van der Waals surface area contributed by atoms with Gasteiger partial charge in [0.05, 0.1) is 85.9 Å². The van der Waals surface area contributed by atoms with Crippen molar-refractivity contribution in [3.05, 3.63) is 0 Å². The number of β-amino-alcohol motifs (C(OH)–C–C–N with tert-alkyl or cyclic N) is 3. The van der Waals surface area contributed by atoms with Gasteiger partial charge in [-0.1, -0.05) is 53.9 Å². The number of rotatable bonds is 36. The van der Waals surface area contributed by atoms with Crippen LogP contribution >= 0.6 is 0 Å². The molecule has 0 bridgehead atoms. The summed E-state index contributed by atoms with van der Waals surface area (Å²) in [6.45, 7) is 41.8. The number of hydrogen-bond acceptors (Lipinski definition) is 10. The van der Waals surface area contributed by atoms with E-state index in [2.05, 4.69) is 117 Å². The van der Waals surface area contributed by atoms with Crippen LogP contribution in [-0.2, 0) is 17.7 Å². The summed E-state index contributed by atoms with van der Waals surface area (Å²) in [4.78, 5) is 7.60. The second-order valence-electron chi connectivity index (χ2n) is 29.1. The van der Waals surface area contributed by atoms with Crippen LogP contribution in [0.25, 0.3) is 0 Å². The van der Waals surface area contributed by atoms with Crippen molar-refractivity contribution in [1.29, 1.82) is 0 Å². The first-order valence-corrected chi connectivity index (χ1v) is 40.7. The monoisotopic (exact) mass is 1110 g/mol. The SMILES string of the molecule is CCC(O)CN1CC(CC)C(CCC2C[N+](C)(C)CC2CCC2CN(CC(O)COCCC[Si](C)(C)O[Si](C)(C)O[Si](C)(C)CCCOCC(O)CN3CC(CC)C(CCC4C[N+](C)(C)CC4CC)C3)CC2CC)C1. The van der Waals surface area contributed by atoms with E-state index in [1.165, 1.54) is 108 Å². The van der Waals surface area contributed by atoms with E-state index < -0.39 is 37.4 Å². The highest BCUT2D eigenvalue weighted by molar-refractivity contribution is 6.87. The van der Waals surface area contributed by atoms with E-state index >= 15 is 0 Å². The number of ether oxygens (including phenoxy) is 2. The summed E-state index contributed by atoms with van der Waals surface area (Å²) in [5.41, 5.74) is 0. The molecular weight excluding hydrogens is 987 g/mol. The van der Waals surface area contributed by atoms with E-state index in [9.17, 15) is 15.3 Å². The fourth-order valence-corrected chi connectivity index (χ4v) is 30.2. The Kier molecular flexibility index (Phi) is 26.8. The van der Waals surface area contributed by atoms with Crippen molar-refractivity contribution in [2.75, 3.05) is 140 Å². The molecule has 0 aromatic heterocycles. The average Bonchev–Trinajstić information content (AvgIpc) is 4.14. The van der Waals surface area contributed by atoms with Gasteiger partial charge in [-0.05, 0) is 151 Å². The molecule has 0 radical (unpaired) electrons. The van der Waals surface area contributed by atoms with Gasteiger partial charge in [-0.3, -0.25) is 0 Å². The summed E-state index contributed by atoms with van der Waals surface area (Å²) in [6, 6.07) is 2.04. The maximum atomic E-state index is 11.2. The third kappa shape index (κ3) is 22.5. The summed E-state index contributed by atoms with van der Waals surface area (Å²) >= 11 is 0. The highest BCUT2D eigenvalue weighted by atomic mass is 28.5. The van der Waals surface area contributed by atoms with Crippen LogP contribution < -0.4 is 0 Å². The van der Waals surface area contributed by atoms with Gasteiger partial charge in [0.1, 0.15) is 0 Å². The Morgan fingerprint density at radius 2 is 0.720 bits per heavy atom. The number of quaternary nitrogens is 2. The van der Waals surface area contributed by atoms with E-state index in [0.717, 1.165) is 134 Å². The van der Waals surface area contributed by atoms with Gasteiger partial charge in [0.25, 0.3) is 0 Å². The minimum atomic E-state index is -2.35. The standard InChI is InChI=1S/C60H125N5O7Si3/c1-16-48-33-61(39-58(66)20-5)36-53(48)24-27-56-44-65(8,9)45-57(56)28-25-54-38-63(35-50(54)18-3)41-60(68)47-70-30-22-32-74(12,13)72-75(14,15)71-73(10,11)31-21-29-69-46-59(67)40-62-34-49(17-2)52(37-62)23-26-55-43-64(6,7)42-51(55)19-4/h48-60,66-68H,16-47H2,1-15H3/q+2. The second-order valence-corrected chi connectivity index (χ2v) is 41.5. The van der Waals surface area contributed by atoms with Crippen molar-refractivity contribution in [3.63, 3.8) is 0 Å². The van der Waals surface area contributed by atoms with Crippen molar-refractivity contribution >= 4 is 25.2 Å². The Morgan fingerprint density at radius 3 is 1.05 bits per heavy atom. The van der Waals surface area contributed by atoms with Crippen LogP contribution in [0.2, 0.25) is 51.4 Å². The van der Waals surface area contributed by atoms with Gasteiger partial charge in [0.2, 0.25) is 0 Å². The van der Waals surface area contributed by atoms with Gasteiger partial charge < -0.3 is 56.7 Å². The predicted octanol–water partition coefficient (Wildman–Crippen LogP) is 9.71. The molecule has 0 aliphatic carbocycles. The highest BCUT2D eigenvalue weighted by Gasteiger charge is 2.44. The third-order valence-corrected chi connectivity index (χ3v) is 31.2. The summed E-state index contributed by atoms with van der Waals surface area (Å²) in [6.07, 6.45) is 14.8. The summed E-state index contributed by atoms with van der Waals surface area (Å²) in [5.74, 6) is 7.88. The Bertz CT molecular complexity index is 1610. The molecule has 0 saturated carbocycles. The molecule has 5 saturated heterocycles. The molecule has 5 rings (SSSR count). The van der Waals surface area contributed by atoms with Crippen molar-refractivity contribution < 1.29 is 42.0 Å². The molecule has 0 spiro atoms. The van der Waals surface area contributed by atoms with Crippen LogP contribution in [0.15, 0.2) is 0 Å². The van der Waals surface area contributed by atoms with Gasteiger partial charge in [-0.15, -0.1) is 0 Å². The van der Waals surface area contributed by atoms with Gasteiger partial charge in [-0.25, -0.2) is 0 Å². The number of likely N-dealkylation sites (tertiary alicyclic amines) is 5. The fourth-order valence-electron chi connectivity index (χ4n) is 16.2. The molecule has 5 aliphatic rings. The number of aliphatic hydroxyl groups is 3. The van der Waals surface area contributed by atoms with Crippen LogP contribution in [-0.4, -0.2) is 222 Å². The minimum absolute atomic E-state index is 0.187. The zero-order valence-electron chi connectivity index (χ0n) is 51.8. The quantitative estimate of drug-likeness (QED) is 0.0319. The highest BCUT2D eigenvalue weighted by Crippen LogP contribution is 2.41. The van der Waals surface area contributed by atoms with Crippen LogP contribution in [0.5, 0.6) is 0 Å². The number of nitrogens with zero attached hydrogens (tertiary/aromatic N) is 5. The lowest BCUT2D eigenvalue weighted by Crippen LogP contribution is -2.52. The average molecular weight is 1110 g/mol. The molecular formula is C60H125N5O7Si3+2. The molecule has 13 atom stereocenters. The maximum Gasteiger partial charge on any atom is 0.311 e. The van der Waals surface area contributed by atoms with Crippen molar-refractivity contribution in [3.8, 4) is 0 Å². The molecule has 442 valence electrons. The number of aliphatic hydroxyl groups excluding tert-OH is 3. The first kappa shape index (κ1) is 66.0. The molecule has 12 nitrogen and oxygen atoms in total. The Morgan fingerprint density at radius 1 is 0.427 bits per heavy atom. The van der Waals surface area contributed by atoms with E-state index in [1.54, 1.807) is 0 Å². The smallest absolute Gasteiger partial charge is 0.311 e. The summed E-state index contributed by atoms with van der Waals surface area (Å²) in [7, 11) is 3.42. The lowest BCUT2D eigenvalue weighted by Gasteiger charge is -2.38. The lowest BCUT2D eigenvalue weighted by atomic mass is 9.80. The predicted molar refractivity (Wildman–Crippen MR) is 320 cm³/mol. The summed E-state index contributed by atoms with van der Waals surface area (Å²) < 4.78 is 28.4. The van der Waals surface area contributed by atoms with Crippen LogP contribution in [0.4, 0.5) is 0 Å². The van der Waals surface area contributed by atoms with E-state index in [1.807, 2.05) is 0 Å². The Hall–Kier alpha value is 0.171. The van der Waals surface area contributed by atoms with Gasteiger partial charge in [0.15, 0.2) is 16.6 Å². The van der Waals surface area contributed by atoms with Crippen LogP contribution in [0.1, 0.15) is 118 Å². The second kappa shape index (κ2) is 30.5. The first-order valence-electron chi connectivity index (χ1n) is 31.7. The molecule has 0 aromatic rings. The minimum Gasteiger partial charge on any atom is -0.437 e. The van der Waals surface area contributed by atoms with Crippen LogP contribution in [0.3, 0.4) is 0 Å². The molecule has 5 heterocycles. The zero-order chi connectivity index (χ0) is 55.2. The molecule has 75 heavy (non-hydrogen) atoms. The molecule has 0 aromatic carbocycles. The molecule has 15 heteroatoms. The molecule has 5 aliphatic heterocycles. The summed E-state index contributed by atoms with van der Waals surface area (Å²) in [5, 5.41) is 32.5. The zero-order valence-corrected chi connectivity index (χ0v) is 54.8. The van der Waals surface area contributed by atoms with Gasteiger partial charge in [0, 0.05) is 95.8 Å². The first-order chi connectivity index (χ1) is 35.3. The molecule has 3 N–H and O–H groups in total. The maximum absolute atomic E-state index is 11.2. The topological polar surface area (TPSA) is 107 Å². The fraction of sp³-hybridized carbons (Fsp3) is 1.00. The largest absolute Gasteiger partial charge is 0.437 e. The van der Waals surface area contributed by atoms with E-state index in [0.29, 0.717) is 33.0 Å². The molecule has 0 amide bonds. The van der Waals surface area contributed by atoms with Gasteiger partial charge in [-0.2, -0.15) is 0 Å². The van der Waals surface area contributed by atoms with Crippen molar-refractivity contribution in [1.82, 2.24) is 14.7 Å². The van der Waals surface area contributed by atoms with E-state index in [4.69, 9.17) is 17.7 Å². The molecule has 13 unspecified atom stereocenters. The van der Waals surface area contributed by atoms with Crippen LogP contribution in [0, 0.1) is 59.2 Å². The van der Waals surface area contributed by atoms with Gasteiger partial charge >= 0.3 is 8.56 Å². The Balaban J connectivity index is 0.915. The third-order valence-electron chi connectivity index (χ3n) is 19.7. The molecule has 5 fully saturated rings. The normalized spacial score (nSPS) is 31.3.